The van der Waals surface area contributed by atoms with E-state index in [4.69, 9.17) is 5.73 Å². The first kappa shape index (κ1) is 13.1. The molecule has 0 amide bonds. The van der Waals surface area contributed by atoms with Crippen molar-refractivity contribution >= 4 is 21.7 Å². The number of anilines is 1. The van der Waals surface area contributed by atoms with Gasteiger partial charge in [0.1, 0.15) is 5.82 Å². The molecule has 0 bridgehead atoms. The third-order valence-corrected chi connectivity index (χ3v) is 2.41. The summed E-state index contributed by atoms with van der Waals surface area (Å²) in [5.41, 5.74) is 2.74. The molecule has 1 rings (SSSR count). The largest absolute Gasteiger partial charge is 0.433 e. The van der Waals surface area contributed by atoms with Gasteiger partial charge in [0.25, 0.3) is 6.43 Å². The quantitative estimate of drug-likeness (QED) is 0.671. The summed E-state index contributed by atoms with van der Waals surface area (Å²) >= 11 is 2.78. The Bertz CT molecular complexity index is 391. The number of aromatic nitrogens is 1. The summed E-state index contributed by atoms with van der Waals surface area (Å²) in [4.78, 5) is 2.98. The molecular formula is C8H6BrF5N2. The maximum Gasteiger partial charge on any atom is 0.433 e. The van der Waals surface area contributed by atoms with Gasteiger partial charge in [0.05, 0.1) is 5.56 Å². The highest BCUT2D eigenvalue weighted by atomic mass is 79.9. The van der Waals surface area contributed by atoms with Gasteiger partial charge in [-0.2, -0.15) is 13.2 Å². The van der Waals surface area contributed by atoms with Gasteiger partial charge in [-0.1, -0.05) is 15.9 Å². The molecule has 1 aromatic heterocycles. The van der Waals surface area contributed by atoms with Crippen LogP contribution in [0.4, 0.5) is 27.8 Å². The van der Waals surface area contributed by atoms with Gasteiger partial charge >= 0.3 is 6.18 Å². The fraction of sp³-hybridized carbons (Fsp3) is 0.375. The van der Waals surface area contributed by atoms with Crippen LogP contribution < -0.4 is 5.73 Å². The van der Waals surface area contributed by atoms with Crippen LogP contribution in [0.15, 0.2) is 6.07 Å². The lowest BCUT2D eigenvalue weighted by Gasteiger charge is -2.13. The van der Waals surface area contributed by atoms with E-state index in [1.54, 1.807) is 0 Å². The van der Waals surface area contributed by atoms with E-state index in [0.717, 1.165) is 0 Å². The Morgan fingerprint density at radius 1 is 1.38 bits per heavy atom. The summed E-state index contributed by atoms with van der Waals surface area (Å²) < 4.78 is 62.0. The molecule has 0 saturated carbocycles. The second-order valence-electron chi connectivity index (χ2n) is 2.90. The first-order valence-corrected chi connectivity index (χ1v) is 5.10. The molecule has 0 unspecified atom stereocenters. The van der Waals surface area contributed by atoms with Gasteiger partial charge in [-0.3, -0.25) is 0 Å². The average Bonchev–Trinajstić information content (AvgIpc) is 2.15. The van der Waals surface area contributed by atoms with E-state index in [2.05, 4.69) is 20.9 Å². The summed E-state index contributed by atoms with van der Waals surface area (Å²) in [5, 5.41) is -0.227. The molecule has 2 nitrogen and oxygen atoms in total. The summed E-state index contributed by atoms with van der Waals surface area (Å²) in [5.74, 6) is -0.799. The monoisotopic (exact) mass is 304 g/mol. The summed E-state index contributed by atoms with van der Waals surface area (Å²) in [6, 6.07) is 0.713. The third-order valence-electron chi connectivity index (χ3n) is 1.81. The van der Waals surface area contributed by atoms with E-state index in [1.807, 2.05) is 0 Å². The second kappa shape index (κ2) is 4.52. The van der Waals surface area contributed by atoms with Gasteiger partial charge in [-0.25, -0.2) is 13.8 Å². The van der Waals surface area contributed by atoms with E-state index in [0.29, 0.717) is 6.07 Å². The number of halogens is 6. The summed E-state index contributed by atoms with van der Waals surface area (Å²) in [7, 11) is 0. The molecule has 0 aliphatic heterocycles. The lowest BCUT2D eigenvalue weighted by Crippen LogP contribution is -2.14. The van der Waals surface area contributed by atoms with E-state index in [1.165, 1.54) is 0 Å². The van der Waals surface area contributed by atoms with Crippen LogP contribution in [0, 0.1) is 0 Å². The first-order valence-electron chi connectivity index (χ1n) is 3.98. The van der Waals surface area contributed by atoms with Crippen molar-refractivity contribution < 1.29 is 22.0 Å². The number of alkyl halides is 6. The lowest BCUT2D eigenvalue weighted by molar-refractivity contribution is -0.141. The zero-order chi connectivity index (χ0) is 12.5. The molecule has 16 heavy (non-hydrogen) atoms. The fourth-order valence-electron chi connectivity index (χ4n) is 1.11. The lowest BCUT2D eigenvalue weighted by atomic mass is 10.1. The van der Waals surface area contributed by atoms with Crippen molar-refractivity contribution in [2.24, 2.45) is 0 Å². The molecule has 0 radical (unpaired) electrons. The second-order valence-corrected chi connectivity index (χ2v) is 3.46. The molecule has 0 aliphatic carbocycles. The van der Waals surface area contributed by atoms with Crippen LogP contribution >= 0.6 is 15.9 Å². The molecule has 0 fully saturated rings. The number of nitrogen functional groups attached to an aromatic ring is 1. The highest BCUT2D eigenvalue weighted by Crippen LogP contribution is 2.35. The Hall–Kier alpha value is -0.920. The van der Waals surface area contributed by atoms with Gasteiger partial charge in [0, 0.05) is 5.33 Å². The number of hydrogen-bond acceptors (Lipinski definition) is 2. The normalized spacial score (nSPS) is 12.2. The zero-order valence-electron chi connectivity index (χ0n) is 7.65. The number of nitrogens with zero attached hydrogens (tertiary/aromatic N) is 1. The molecule has 0 spiro atoms. The Labute approximate surface area is 95.8 Å². The van der Waals surface area contributed by atoms with Crippen LogP contribution in [0.25, 0.3) is 0 Å². The molecule has 1 heterocycles. The zero-order valence-corrected chi connectivity index (χ0v) is 9.24. The van der Waals surface area contributed by atoms with Crippen molar-refractivity contribution in [3.63, 3.8) is 0 Å². The Balaban J connectivity index is 3.38. The Kier molecular flexibility index (Phi) is 3.72. The molecule has 1 aromatic rings. The smallest absolute Gasteiger partial charge is 0.383 e. The number of nitrogens with two attached hydrogens (primary N) is 1. The molecule has 0 atom stereocenters. The Morgan fingerprint density at radius 2 is 1.94 bits per heavy atom. The predicted molar refractivity (Wildman–Crippen MR) is 51.2 cm³/mol. The van der Waals surface area contributed by atoms with E-state index < -0.39 is 29.7 Å². The minimum absolute atomic E-state index is 0.227. The molecule has 0 saturated heterocycles. The van der Waals surface area contributed by atoms with Crippen LogP contribution in [0.2, 0.25) is 0 Å². The molecule has 8 heteroatoms. The van der Waals surface area contributed by atoms with E-state index in [9.17, 15) is 22.0 Å². The maximum absolute atomic E-state index is 12.4. The van der Waals surface area contributed by atoms with E-state index in [-0.39, 0.29) is 10.9 Å². The van der Waals surface area contributed by atoms with Gasteiger partial charge in [0.2, 0.25) is 0 Å². The molecule has 0 aromatic carbocycles. The topological polar surface area (TPSA) is 38.9 Å². The predicted octanol–water partition coefficient (Wildman–Crippen LogP) is 3.52. The number of hydrogen-bond donors (Lipinski definition) is 1. The van der Waals surface area contributed by atoms with Gasteiger partial charge in [-0.05, 0) is 11.6 Å². The van der Waals surface area contributed by atoms with Crippen molar-refractivity contribution in [1.29, 1.82) is 0 Å². The Morgan fingerprint density at radius 3 is 2.31 bits per heavy atom. The van der Waals surface area contributed by atoms with Crippen molar-refractivity contribution in [2.75, 3.05) is 5.73 Å². The van der Waals surface area contributed by atoms with Crippen molar-refractivity contribution in [3.8, 4) is 0 Å². The number of rotatable bonds is 2. The highest BCUT2D eigenvalue weighted by Gasteiger charge is 2.36. The maximum atomic E-state index is 12.4. The van der Waals surface area contributed by atoms with E-state index >= 15 is 0 Å². The minimum Gasteiger partial charge on any atom is -0.383 e. The molecular weight excluding hydrogens is 299 g/mol. The average molecular weight is 305 g/mol. The van der Waals surface area contributed by atoms with Crippen LogP contribution in [0.5, 0.6) is 0 Å². The summed E-state index contributed by atoms with van der Waals surface area (Å²) in [6.07, 6.45) is -7.66. The van der Waals surface area contributed by atoms with Crippen molar-refractivity contribution in [3.05, 3.63) is 22.9 Å². The highest BCUT2D eigenvalue weighted by molar-refractivity contribution is 9.08. The van der Waals surface area contributed by atoms with Crippen LogP contribution in [0.1, 0.15) is 23.2 Å². The molecule has 2 N–H and O–H groups in total. The SMILES string of the molecule is Nc1nc(C(F)(F)F)c(CBr)cc1C(F)F. The molecule has 90 valence electrons. The van der Waals surface area contributed by atoms with Crippen molar-refractivity contribution in [1.82, 2.24) is 4.98 Å². The van der Waals surface area contributed by atoms with Gasteiger partial charge in [-0.15, -0.1) is 0 Å². The van der Waals surface area contributed by atoms with Crippen LogP contribution in [-0.4, -0.2) is 4.98 Å². The summed E-state index contributed by atoms with van der Waals surface area (Å²) in [6.45, 7) is 0. The van der Waals surface area contributed by atoms with Crippen LogP contribution in [0.3, 0.4) is 0 Å². The molecule has 0 aliphatic rings. The first-order chi connectivity index (χ1) is 7.27. The number of pyridine rings is 1. The van der Waals surface area contributed by atoms with Gasteiger partial charge < -0.3 is 5.73 Å². The third kappa shape index (κ3) is 2.60. The minimum atomic E-state index is -4.71. The standard InChI is InChI=1S/C8H6BrF5N2/c9-2-3-1-4(6(10)11)7(15)16-5(3)8(12,13)14/h1,6H,2H2,(H2,15,16). The van der Waals surface area contributed by atoms with Crippen molar-refractivity contribution in [2.45, 2.75) is 17.9 Å². The van der Waals surface area contributed by atoms with Crippen LogP contribution in [-0.2, 0) is 11.5 Å². The fourth-order valence-corrected chi connectivity index (χ4v) is 1.54. The van der Waals surface area contributed by atoms with Gasteiger partial charge in [0.15, 0.2) is 5.69 Å².